The summed E-state index contributed by atoms with van der Waals surface area (Å²) < 4.78 is 17.9. The van der Waals surface area contributed by atoms with Crippen LogP contribution in [0.3, 0.4) is 0 Å². The maximum atomic E-state index is 5.78. The molecule has 0 amide bonds. The van der Waals surface area contributed by atoms with E-state index < -0.39 is 0 Å². The van der Waals surface area contributed by atoms with E-state index in [1.165, 1.54) is 0 Å². The van der Waals surface area contributed by atoms with Gasteiger partial charge in [-0.1, -0.05) is 15.9 Å². The summed E-state index contributed by atoms with van der Waals surface area (Å²) in [6.45, 7) is 6.43. The van der Waals surface area contributed by atoms with Crippen molar-refractivity contribution in [3.05, 3.63) is 52.0 Å². The molecule has 0 spiro atoms. The van der Waals surface area contributed by atoms with Crippen molar-refractivity contribution < 1.29 is 14.2 Å². The summed E-state index contributed by atoms with van der Waals surface area (Å²) in [5.41, 5.74) is 2.91. The summed E-state index contributed by atoms with van der Waals surface area (Å²) in [6.07, 6.45) is 0.673. The fourth-order valence-corrected chi connectivity index (χ4v) is 3.23. The van der Waals surface area contributed by atoms with E-state index in [0.717, 1.165) is 26.5 Å². The third-order valence-electron chi connectivity index (χ3n) is 3.89. The first-order valence-electron chi connectivity index (χ1n) is 8.92. The Balaban J connectivity index is 2.01. The number of methoxy groups -OCH3 is 1. The Hall–Kier alpha value is -2.34. The van der Waals surface area contributed by atoms with Crippen LogP contribution in [0.5, 0.6) is 17.6 Å². The second-order valence-corrected chi connectivity index (χ2v) is 7.34. The Morgan fingerprint density at radius 3 is 2.52 bits per heavy atom. The number of pyridine rings is 2. The molecule has 142 valence electrons. The second-order valence-electron chi connectivity index (χ2n) is 6.42. The number of aromatic nitrogens is 2. The first-order valence-corrected chi connectivity index (χ1v) is 9.71. The van der Waals surface area contributed by atoms with E-state index in [1.807, 2.05) is 45.0 Å². The number of ether oxygens (including phenoxy) is 3. The minimum Gasteiger partial charge on any atom is -0.481 e. The average molecular weight is 431 g/mol. The number of rotatable bonds is 7. The van der Waals surface area contributed by atoms with E-state index in [2.05, 4.69) is 38.0 Å². The predicted molar refractivity (Wildman–Crippen MR) is 110 cm³/mol. The maximum Gasteiger partial charge on any atom is 0.217 e. The zero-order valence-corrected chi connectivity index (χ0v) is 17.5. The van der Waals surface area contributed by atoms with Gasteiger partial charge in [-0.25, -0.2) is 4.98 Å². The predicted octanol–water partition coefficient (Wildman–Crippen LogP) is 5.18. The minimum atomic E-state index is 0.0384. The van der Waals surface area contributed by atoms with E-state index in [1.54, 1.807) is 7.11 Å². The minimum absolute atomic E-state index is 0.0384. The summed E-state index contributed by atoms with van der Waals surface area (Å²) in [7, 11) is 1.64. The van der Waals surface area contributed by atoms with Gasteiger partial charge in [-0.15, -0.1) is 0 Å². The molecule has 1 aromatic carbocycles. The highest BCUT2D eigenvalue weighted by atomic mass is 79.9. The smallest absolute Gasteiger partial charge is 0.217 e. The summed E-state index contributed by atoms with van der Waals surface area (Å²) in [4.78, 5) is 9.05. The van der Waals surface area contributed by atoms with E-state index in [0.29, 0.717) is 30.7 Å². The molecule has 3 rings (SSSR count). The zero-order valence-electron chi connectivity index (χ0n) is 16.0. The van der Waals surface area contributed by atoms with Crippen LogP contribution in [0, 0.1) is 0 Å². The summed E-state index contributed by atoms with van der Waals surface area (Å²) >= 11 is 3.52. The fourth-order valence-electron chi connectivity index (χ4n) is 2.85. The molecule has 5 nitrogen and oxygen atoms in total. The van der Waals surface area contributed by atoms with Crippen molar-refractivity contribution in [3.63, 3.8) is 0 Å². The zero-order chi connectivity index (χ0) is 19.4. The van der Waals surface area contributed by atoms with E-state index in [4.69, 9.17) is 14.2 Å². The summed E-state index contributed by atoms with van der Waals surface area (Å²) in [5, 5.41) is 1.05. The average Bonchev–Trinajstić information content (AvgIpc) is 2.60. The molecule has 0 radical (unpaired) electrons. The van der Waals surface area contributed by atoms with Gasteiger partial charge in [-0.05, 0) is 50.6 Å². The molecule has 0 N–H and O–H groups in total. The monoisotopic (exact) mass is 430 g/mol. The van der Waals surface area contributed by atoms with Gasteiger partial charge >= 0.3 is 0 Å². The number of halogens is 1. The third kappa shape index (κ3) is 4.89. The molecule has 3 aromatic rings. The molecule has 0 aliphatic carbocycles. The van der Waals surface area contributed by atoms with Crippen molar-refractivity contribution in [1.29, 1.82) is 0 Å². The van der Waals surface area contributed by atoms with Crippen LogP contribution < -0.4 is 14.2 Å². The van der Waals surface area contributed by atoms with Crippen molar-refractivity contribution in [2.75, 3.05) is 13.7 Å². The Labute approximate surface area is 167 Å². The molecule has 2 heterocycles. The Bertz CT molecular complexity index is 944. The van der Waals surface area contributed by atoms with E-state index in [9.17, 15) is 0 Å². The van der Waals surface area contributed by atoms with Crippen molar-refractivity contribution in [2.45, 2.75) is 33.3 Å². The van der Waals surface area contributed by atoms with Crippen LogP contribution >= 0.6 is 15.9 Å². The molecule has 0 saturated heterocycles. The maximum absolute atomic E-state index is 5.78. The molecule has 6 heteroatoms. The molecular weight excluding hydrogens is 408 g/mol. The Kier molecular flexibility index (Phi) is 6.16. The molecule has 0 aliphatic heterocycles. The summed E-state index contributed by atoms with van der Waals surface area (Å²) in [6, 6.07) is 12.0. The van der Waals surface area contributed by atoms with Crippen molar-refractivity contribution >= 4 is 26.8 Å². The number of benzene rings is 1. The molecule has 0 aliphatic rings. The topological polar surface area (TPSA) is 53.5 Å². The fraction of sp³-hybridized carbons (Fsp3) is 0.333. The molecule has 0 atom stereocenters. The number of hydrogen-bond acceptors (Lipinski definition) is 5. The Morgan fingerprint density at radius 1 is 1.04 bits per heavy atom. The van der Waals surface area contributed by atoms with Crippen LogP contribution in [0.15, 0.2) is 40.9 Å². The van der Waals surface area contributed by atoms with Crippen LogP contribution in [0.2, 0.25) is 0 Å². The van der Waals surface area contributed by atoms with Gasteiger partial charge in [0.05, 0.1) is 25.3 Å². The molecule has 2 aromatic heterocycles. The molecule has 0 saturated carbocycles. The van der Waals surface area contributed by atoms with E-state index in [-0.39, 0.29) is 6.10 Å². The van der Waals surface area contributed by atoms with Crippen LogP contribution in [0.1, 0.15) is 31.9 Å². The van der Waals surface area contributed by atoms with Gasteiger partial charge in [-0.3, -0.25) is 0 Å². The van der Waals surface area contributed by atoms with Crippen LogP contribution in [-0.2, 0) is 6.42 Å². The molecule has 0 fully saturated rings. The molecule has 27 heavy (non-hydrogen) atoms. The highest BCUT2D eigenvalue weighted by molar-refractivity contribution is 9.10. The van der Waals surface area contributed by atoms with Crippen molar-refractivity contribution in [3.8, 4) is 17.6 Å². The van der Waals surface area contributed by atoms with Crippen LogP contribution in [0.25, 0.3) is 10.9 Å². The number of nitrogens with zero attached hydrogens (tertiary/aromatic N) is 2. The lowest BCUT2D eigenvalue weighted by molar-refractivity contribution is 0.227. The first kappa shape index (κ1) is 19.4. The van der Waals surface area contributed by atoms with Gasteiger partial charge in [0.1, 0.15) is 0 Å². The number of fused-ring (bicyclic) bond motifs is 1. The first-order chi connectivity index (χ1) is 13.0. The van der Waals surface area contributed by atoms with E-state index >= 15 is 0 Å². The Morgan fingerprint density at radius 2 is 1.81 bits per heavy atom. The molecular formula is C21H23BrN2O3. The lowest BCUT2D eigenvalue weighted by Gasteiger charge is -2.14. The highest BCUT2D eigenvalue weighted by Gasteiger charge is 2.12. The SMILES string of the molecule is CCOc1cc(Cc2cc3cc(Br)ccc3nc2OC)cc(OC(C)C)n1. The highest BCUT2D eigenvalue weighted by Crippen LogP contribution is 2.28. The standard InChI is InChI=1S/C21H23BrN2O3/c1-5-26-19-9-14(10-20(24-19)27-13(2)3)8-16-11-15-12-17(22)6-7-18(15)23-21(16)25-4/h6-7,9-13H,5,8H2,1-4H3. The lowest BCUT2D eigenvalue weighted by Crippen LogP contribution is -2.08. The van der Waals surface area contributed by atoms with Gasteiger partial charge in [0.25, 0.3) is 0 Å². The van der Waals surface area contributed by atoms with Crippen molar-refractivity contribution in [1.82, 2.24) is 9.97 Å². The molecule has 0 unspecified atom stereocenters. The van der Waals surface area contributed by atoms with Crippen LogP contribution in [-0.4, -0.2) is 29.8 Å². The van der Waals surface area contributed by atoms with Crippen LogP contribution in [0.4, 0.5) is 0 Å². The van der Waals surface area contributed by atoms with Gasteiger partial charge in [-0.2, -0.15) is 4.98 Å². The largest absolute Gasteiger partial charge is 0.481 e. The van der Waals surface area contributed by atoms with Crippen molar-refractivity contribution in [2.24, 2.45) is 0 Å². The third-order valence-corrected chi connectivity index (χ3v) is 4.38. The van der Waals surface area contributed by atoms with Gasteiger partial charge in [0, 0.05) is 34.0 Å². The molecule has 0 bridgehead atoms. The van der Waals surface area contributed by atoms with Gasteiger partial charge < -0.3 is 14.2 Å². The summed E-state index contributed by atoms with van der Waals surface area (Å²) in [5.74, 6) is 1.73. The van der Waals surface area contributed by atoms with Gasteiger partial charge in [0.15, 0.2) is 0 Å². The lowest BCUT2D eigenvalue weighted by atomic mass is 10.0. The normalized spacial score (nSPS) is 11.0. The second kappa shape index (κ2) is 8.57. The quantitative estimate of drug-likeness (QED) is 0.516. The number of hydrogen-bond donors (Lipinski definition) is 0. The van der Waals surface area contributed by atoms with Gasteiger partial charge in [0.2, 0.25) is 17.6 Å².